The van der Waals surface area contributed by atoms with E-state index in [0.29, 0.717) is 31.5 Å². The molecule has 0 heterocycles. The van der Waals surface area contributed by atoms with E-state index in [2.05, 4.69) is 4.72 Å². The zero-order valence-corrected chi connectivity index (χ0v) is 15.4. The van der Waals surface area contributed by atoms with Crippen molar-refractivity contribution in [2.24, 2.45) is 5.41 Å². The van der Waals surface area contributed by atoms with Gasteiger partial charge in [-0.15, -0.1) is 0 Å². The first-order chi connectivity index (χ1) is 11.8. The van der Waals surface area contributed by atoms with E-state index in [1.165, 1.54) is 6.08 Å². The summed E-state index contributed by atoms with van der Waals surface area (Å²) in [4.78, 5) is 26.8. The first kappa shape index (κ1) is 19.2. The van der Waals surface area contributed by atoms with Crippen molar-refractivity contribution in [3.05, 3.63) is 41.3 Å². The lowest BCUT2D eigenvalue weighted by Crippen LogP contribution is -2.57. The lowest BCUT2D eigenvalue weighted by Gasteiger charge is -2.41. The number of amides is 2. The molecule has 1 aromatic rings. The van der Waals surface area contributed by atoms with Crippen LogP contribution in [0.4, 0.5) is 0 Å². The third kappa shape index (κ3) is 4.28. The van der Waals surface area contributed by atoms with Crippen LogP contribution in [-0.4, -0.2) is 38.2 Å². The molecule has 1 aliphatic carbocycles. The van der Waals surface area contributed by atoms with Gasteiger partial charge in [0.1, 0.15) is 5.41 Å². The Morgan fingerprint density at radius 3 is 2.24 bits per heavy atom. The molecule has 25 heavy (non-hydrogen) atoms. The van der Waals surface area contributed by atoms with Crippen LogP contribution in [0.3, 0.4) is 0 Å². The van der Waals surface area contributed by atoms with Crippen LogP contribution in [0.5, 0.6) is 0 Å². The molecule has 0 unspecified atom stereocenters. The summed E-state index contributed by atoms with van der Waals surface area (Å²) in [5, 5.41) is 0.953. The third-order valence-electron chi connectivity index (χ3n) is 4.58. The molecule has 1 N–H and O–H groups in total. The first-order valence-corrected chi connectivity index (χ1v) is 9.99. The molecule has 0 atom stereocenters. The van der Waals surface area contributed by atoms with E-state index in [1.54, 1.807) is 29.2 Å². The van der Waals surface area contributed by atoms with Gasteiger partial charge in [-0.2, -0.15) is 0 Å². The van der Waals surface area contributed by atoms with Crippen molar-refractivity contribution in [3.63, 3.8) is 0 Å². The van der Waals surface area contributed by atoms with Gasteiger partial charge in [0.2, 0.25) is 11.8 Å². The summed E-state index contributed by atoms with van der Waals surface area (Å²) in [5.41, 5.74) is -0.544. The molecule has 1 aromatic carbocycles. The van der Waals surface area contributed by atoms with Crippen LogP contribution in [0.25, 0.3) is 6.08 Å². The number of hydrogen-bond donors (Lipinski definition) is 1. The van der Waals surface area contributed by atoms with E-state index in [9.17, 15) is 18.0 Å². The van der Waals surface area contributed by atoms with Crippen molar-refractivity contribution in [3.8, 4) is 0 Å². The molecule has 6 nitrogen and oxygen atoms in total. The Kier molecular flexibility index (Phi) is 6.00. The topological polar surface area (TPSA) is 83.6 Å². The van der Waals surface area contributed by atoms with Gasteiger partial charge in [-0.3, -0.25) is 9.59 Å². The molecule has 0 spiro atoms. The van der Waals surface area contributed by atoms with Crippen LogP contribution in [-0.2, 0) is 19.6 Å². The van der Waals surface area contributed by atoms with Crippen molar-refractivity contribution in [2.75, 3.05) is 13.1 Å². The second-order valence-corrected chi connectivity index (χ2v) is 7.67. The lowest BCUT2D eigenvalue weighted by molar-refractivity contribution is -0.155. The highest BCUT2D eigenvalue weighted by Gasteiger charge is 2.52. The van der Waals surface area contributed by atoms with Crippen LogP contribution in [0, 0.1) is 5.41 Å². The molecule has 1 aliphatic rings. The average molecular weight is 364 g/mol. The maximum Gasteiger partial charge on any atom is 0.257 e. The molecular formula is C18H24N2O4S. The standard InChI is InChI=1S/C18H24N2O4S/c1-3-20(4-2)17(22)18(12-8-13-18)16(21)19-25(23,24)14-11-15-9-6-5-7-10-15/h5-7,9-11,14H,3-4,8,12-13H2,1-2H3,(H,19,21)/b14-11+. The highest BCUT2D eigenvalue weighted by molar-refractivity contribution is 7.93. The van der Waals surface area contributed by atoms with Crippen molar-refractivity contribution in [1.29, 1.82) is 0 Å². The second-order valence-electron chi connectivity index (χ2n) is 6.10. The third-order valence-corrected chi connectivity index (χ3v) is 5.54. The van der Waals surface area contributed by atoms with E-state index in [4.69, 9.17) is 0 Å². The normalized spacial score (nSPS) is 16.2. The first-order valence-electron chi connectivity index (χ1n) is 8.44. The van der Waals surface area contributed by atoms with E-state index in [0.717, 1.165) is 11.8 Å². The van der Waals surface area contributed by atoms with Gasteiger partial charge in [-0.05, 0) is 38.3 Å². The van der Waals surface area contributed by atoms with Crippen LogP contribution in [0.2, 0.25) is 0 Å². The van der Waals surface area contributed by atoms with E-state index in [-0.39, 0.29) is 5.91 Å². The Morgan fingerprint density at radius 1 is 1.16 bits per heavy atom. The molecule has 2 rings (SSSR count). The zero-order valence-electron chi connectivity index (χ0n) is 14.6. The highest BCUT2D eigenvalue weighted by Crippen LogP contribution is 2.43. The molecule has 7 heteroatoms. The summed E-state index contributed by atoms with van der Waals surface area (Å²) in [5.74, 6) is -1.02. The van der Waals surface area contributed by atoms with Crippen LogP contribution >= 0.6 is 0 Å². The van der Waals surface area contributed by atoms with Gasteiger partial charge in [0.15, 0.2) is 0 Å². The molecule has 0 aliphatic heterocycles. The number of nitrogens with zero attached hydrogens (tertiary/aromatic N) is 1. The number of carbonyl (C=O) groups is 2. The number of hydrogen-bond acceptors (Lipinski definition) is 4. The SMILES string of the molecule is CCN(CC)C(=O)C1(C(=O)NS(=O)(=O)/C=C/c2ccccc2)CCC1. The van der Waals surface area contributed by atoms with Gasteiger partial charge < -0.3 is 4.90 Å². The molecule has 0 bridgehead atoms. The minimum atomic E-state index is -3.96. The van der Waals surface area contributed by atoms with Gasteiger partial charge in [-0.25, -0.2) is 13.1 Å². The predicted molar refractivity (Wildman–Crippen MR) is 96.8 cm³/mol. The Hall–Kier alpha value is -2.15. The minimum Gasteiger partial charge on any atom is -0.342 e. The Balaban J connectivity index is 2.13. The monoisotopic (exact) mass is 364 g/mol. The summed E-state index contributed by atoms with van der Waals surface area (Å²) >= 11 is 0. The van der Waals surface area contributed by atoms with Gasteiger partial charge in [0.05, 0.1) is 5.41 Å². The van der Waals surface area contributed by atoms with Crippen LogP contribution in [0.15, 0.2) is 35.7 Å². The van der Waals surface area contributed by atoms with Gasteiger partial charge in [0.25, 0.3) is 10.0 Å². The molecule has 1 saturated carbocycles. The lowest BCUT2D eigenvalue weighted by atomic mass is 9.67. The van der Waals surface area contributed by atoms with Gasteiger partial charge >= 0.3 is 0 Å². The maximum atomic E-state index is 12.7. The smallest absolute Gasteiger partial charge is 0.257 e. The molecular weight excluding hydrogens is 340 g/mol. The quantitative estimate of drug-likeness (QED) is 0.752. The molecule has 0 radical (unpaired) electrons. The zero-order chi connectivity index (χ0) is 18.5. The number of nitrogens with one attached hydrogen (secondary N) is 1. The number of carbonyl (C=O) groups excluding carboxylic acids is 2. The van der Waals surface area contributed by atoms with Crippen LogP contribution < -0.4 is 4.72 Å². The maximum absolute atomic E-state index is 12.7. The van der Waals surface area contributed by atoms with Gasteiger partial charge in [0, 0.05) is 13.1 Å². The molecule has 0 aromatic heterocycles. The van der Waals surface area contributed by atoms with Crippen LogP contribution in [0.1, 0.15) is 38.7 Å². The predicted octanol–water partition coefficient (Wildman–Crippen LogP) is 2.14. The molecule has 0 saturated heterocycles. The van der Waals surface area contributed by atoms with E-state index >= 15 is 0 Å². The second kappa shape index (κ2) is 7.82. The minimum absolute atomic E-state index is 0.288. The van der Waals surface area contributed by atoms with Crippen molar-refractivity contribution >= 4 is 27.9 Å². The molecule has 2 amide bonds. The molecule has 136 valence electrons. The Bertz CT molecular complexity index is 749. The van der Waals surface area contributed by atoms with E-state index in [1.807, 2.05) is 19.9 Å². The fraction of sp³-hybridized carbons (Fsp3) is 0.444. The summed E-state index contributed by atoms with van der Waals surface area (Å²) in [7, 11) is -3.96. The van der Waals surface area contributed by atoms with Crippen molar-refractivity contribution in [2.45, 2.75) is 33.1 Å². The van der Waals surface area contributed by atoms with E-state index < -0.39 is 21.3 Å². The van der Waals surface area contributed by atoms with Crippen molar-refractivity contribution < 1.29 is 18.0 Å². The summed E-state index contributed by atoms with van der Waals surface area (Å²) in [6, 6.07) is 8.91. The Labute approximate surface area is 149 Å². The molecule has 1 fully saturated rings. The number of benzene rings is 1. The summed E-state index contributed by atoms with van der Waals surface area (Å²) in [6.45, 7) is 4.66. The van der Waals surface area contributed by atoms with Crippen molar-refractivity contribution in [1.82, 2.24) is 9.62 Å². The fourth-order valence-electron chi connectivity index (χ4n) is 2.88. The summed E-state index contributed by atoms with van der Waals surface area (Å²) in [6.07, 6.45) is 2.91. The fourth-order valence-corrected chi connectivity index (χ4v) is 3.73. The number of sulfonamides is 1. The van der Waals surface area contributed by atoms with Gasteiger partial charge in [-0.1, -0.05) is 36.8 Å². The summed E-state index contributed by atoms with van der Waals surface area (Å²) < 4.78 is 26.4. The highest BCUT2D eigenvalue weighted by atomic mass is 32.2. The Morgan fingerprint density at radius 2 is 1.76 bits per heavy atom. The largest absolute Gasteiger partial charge is 0.342 e. The average Bonchev–Trinajstić information content (AvgIpc) is 2.54. The number of rotatable bonds is 7.